The molecule has 0 saturated heterocycles. The first-order chi connectivity index (χ1) is 16.6. The number of nitrogens with zero attached hydrogens (tertiary/aromatic N) is 2. The lowest BCUT2D eigenvalue weighted by molar-refractivity contribution is -0.115. The Morgan fingerprint density at radius 1 is 1.06 bits per heavy atom. The van der Waals surface area contributed by atoms with Crippen LogP contribution in [0.2, 0.25) is 0 Å². The lowest BCUT2D eigenvalue weighted by Crippen LogP contribution is -2.33. The summed E-state index contributed by atoms with van der Waals surface area (Å²) in [5, 5.41) is 12.7. The van der Waals surface area contributed by atoms with Gasteiger partial charge in [0.1, 0.15) is 16.5 Å². The number of carbonyl (C=O) groups excluding carboxylic acids is 1. The molecular weight excluding hydrogens is 446 g/mol. The molecule has 0 saturated carbocycles. The highest BCUT2D eigenvalue weighted by Gasteiger charge is 2.17. The van der Waals surface area contributed by atoms with Crippen LogP contribution in [0.15, 0.2) is 89.7 Å². The van der Waals surface area contributed by atoms with Crippen LogP contribution >= 0.6 is 11.3 Å². The number of thiazole rings is 1. The summed E-state index contributed by atoms with van der Waals surface area (Å²) >= 11 is 1.11. The Morgan fingerprint density at radius 3 is 2.44 bits per heavy atom. The number of aromatic nitrogens is 1. The summed E-state index contributed by atoms with van der Waals surface area (Å²) in [4.78, 5) is 26.4. The van der Waals surface area contributed by atoms with Crippen LogP contribution in [0, 0.1) is 11.3 Å². The quantitative estimate of drug-likeness (QED) is 0.473. The van der Waals surface area contributed by atoms with Crippen LogP contribution in [0.5, 0.6) is 5.75 Å². The maximum Gasteiger partial charge on any atom is 0.273 e. The Balaban J connectivity index is 1.87. The van der Waals surface area contributed by atoms with Crippen LogP contribution < -0.4 is 24.8 Å². The molecule has 1 amide bonds. The monoisotopic (exact) mass is 467 g/mol. The largest absolute Gasteiger partial charge is 0.497 e. The van der Waals surface area contributed by atoms with Gasteiger partial charge in [-0.2, -0.15) is 5.26 Å². The van der Waals surface area contributed by atoms with Gasteiger partial charge < -0.3 is 10.1 Å². The van der Waals surface area contributed by atoms with E-state index in [1.807, 2.05) is 66.7 Å². The second-order valence-corrected chi connectivity index (χ2v) is 8.35. The second-order valence-electron chi connectivity index (χ2n) is 7.32. The minimum absolute atomic E-state index is 0.118. The highest BCUT2D eigenvalue weighted by atomic mass is 32.1. The van der Waals surface area contributed by atoms with Crippen molar-refractivity contribution in [3.8, 4) is 17.5 Å². The zero-order valence-electron chi connectivity index (χ0n) is 18.4. The van der Waals surface area contributed by atoms with E-state index in [0.717, 1.165) is 22.5 Å². The van der Waals surface area contributed by atoms with Gasteiger partial charge in [0.2, 0.25) is 0 Å². The van der Waals surface area contributed by atoms with Crippen LogP contribution in [0.3, 0.4) is 0 Å². The minimum atomic E-state index is -0.537. The number of nitrogens with one attached hydrogen (secondary N) is 1. The Bertz CT molecular complexity index is 1530. The summed E-state index contributed by atoms with van der Waals surface area (Å²) < 4.78 is 7.36. The molecule has 7 heteroatoms. The van der Waals surface area contributed by atoms with Crippen LogP contribution in [-0.4, -0.2) is 17.6 Å². The molecular formula is C27H21N3O3S. The molecule has 4 aromatic rings. The molecule has 168 valence electrons. The predicted octanol–water partition coefficient (Wildman–Crippen LogP) is 2.73. The third-order valence-corrected chi connectivity index (χ3v) is 6.17. The first kappa shape index (κ1) is 22.8. The van der Waals surface area contributed by atoms with E-state index >= 15 is 0 Å². The normalized spacial score (nSPS) is 12.1. The van der Waals surface area contributed by atoms with Crippen molar-refractivity contribution in [1.82, 2.24) is 9.88 Å². The highest BCUT2D eigenvalue weighted by molar-refractivity contribution is 7.07. The molecule has 0 radical (unpaired) electrons. The van der Waals surface area contributed by atoms with Crippen molar-refractivity contribution in [1.29, 1.82) is 5.26 Å². The van der Waals surface area contributed by atoms with E-state index in [-0.39, 0.29) is 22.3 Å². The van der Waals surface area contributed by atoms with Gasteiger partial charge >= 0.3 is 0 Å². The summed E-state index contributed by atoms with van der Waals surface area (Å²) in [5.74, 6) is 0.128. The number of ether oxygens (including phenoxy) is 1. The molecule has 0 aliphatic heterocycles. The summed E-state index contributed by atoms with van der Waals surface area (Å²) in [6.45, 7) is 0.272. The Morgan fingerprint density at radius 2 is 1.76 bits per heavy atom. The summed E-state index contributed by atoms with van der Waals surface area (Å²) in [6, 6.07) is 27.7. The number of methoxy groups -OCH3 is 1. The van der Waals surface area contributed by atoms with Crippen LogP contribution in [0.25, 0.3) is 17.3 Å². The Labute approximate surface area is 200 Å². The predicted molar refractivity (Wildman–Crippen MR) is 133 cm³/mol. The van der Waals surface area contributed by atoms with Gasteiger partial charge in [-0.3, -0.25) is 14.2 Å². The number of rotatable bonds is 6. The number of para-hydroxylation sites is 1. The number of nitriles is 1. The van der Waals surface area contributed by atoms with Crippen LogP contribution in [-0.2, 0) is 11.3 Å². The second kappa shape index (κ2) is 10.5. The number of carbonyl (C=O) groups is 1. The molecule has 0 aliphatic carbocycles. The first-order valence-corrected chi connectivity index (χ1v) is 11.3. The fraction of sp³-hybridized carbons (Fsp3) is 0.0741. The third-order valence-electron chi connectivity index (χ3n) is 5.08. The molecule has 1 N–H and O–H groups in total. The van der Waals surface area contributed by atoms with Crippen molar-refractivity contribution in [2.24, 2.45) is 0 Å². The summed E-state index contributed by atoms with van der Waals surface area (Å²) in [7, 11) is 1.58. The maximum absolute atomic E-state index is 13.4. The van der Waals surface area contributed by atoms with E-state index in [4.69, 9.17) is 4.74 Å². The molecule has 6 nitrogen and oxygen atoms in total. The summed E-state index contributed by atoms with van der Waals surface area (Å²) in [5.41, 5.74) is 1.83. The number of hydrogen-bond acceptors (Lipinski definition) is 5. The molecule has 0 aliphatic rings. The summed E-state index contributed by atoms with van der Waals surface area (Å²) in [6.07, 6.45) is 1.73. The number of hydrogen-bond donors (Lipinski definition) is 1. The molecule has 1 aromatic heterocycles. The van der Waals surface area contributed by atoms with E-state index in [9.17, 15) is 14.9 Å². The van der Waals surface area contributed by atoms with E-state index < -0.39 is 5.91 Å². The zero-order valence-corrected chi connectivity index (χ0v) is 19.2. The molecule has 4 rings (SSSR count). The van der Waals surface area contributed by atoms with Gasteiger partial charge in [0.15, 0.2) is 5.57 Å². The van der Waals surface area contributed by atoms with Crippen molar-refractivity contribution >= 4 is 28.9 Å². The topological polar surface area (TPSA) is 84.1 Å². The Hall–Kier alpha value is -4.41. The smallest absolute Gasteiger partial charge is 0.273 e. The van der Waals surface area contributed by atoms with Gasteiger partial charge in [-0.05, 0) is 41.5 Å². The standard InChI is InChI=1S/C27H21N3O3S/c1-33-22-14-8-11-20(15-22)16-24-26(32)30(21-12-6-3-7-13-21)27(34-24)23(17-28)25(31)29-18-19-9-4-2-5-10-19/h2-16H,18H2,1H3,(H,29,31). The SMILES string of the molecule is COc1cccc(C=c2sc(=C(C#N)C(=O)NCc3ccccc3)n(-c3ccccc3)c2=O)c1. The third kappa shape index (κ3) is 4.98. The van der Waals surface area contributed by atoms with E-state index in [2.05, 4.69) is 5.32 Å². The van der Waals surface area contributed by atoms with E-state index in [1.165, 1.54) is 4.57 Å². The first-order valence-electron chi connectivity index (χ1n) is 10.5. The van der Waals surface area contributed by atoms with Gasteiger partial charge in [-0.15, -0.1) is 11.3 Å². The van der Waals surface area contributed by atoms with E-state index in [0.29, 0.717) is 16.0 Å². The number of amides is 1. The molecule has 0 atom stereocenters. The van der Waals surface area contributed by atoms with Crippen molar-refractivity contribution < 1.29 is 9.53 Å². The fourth-order valence-corrected chi connectivity index (χ4v) is 4.51. The van der Waals surface area contributed by atoms with Crippen molar-refractivity contribution in [3.05, 3.63) is 116 Å². The van der Waals surface area contributed by atoms with Crippen LogP contribution in [0.1, 0.15) is 11.1 Å². The molecule has 0 fully saturated rings. The molecule has 3 aromatic carbocycles. The lowest BCUT2D eigenvalue weighted by atomic mass is 10.2. The molecule has 34 heavy (non-hydrogen) atoms. The zero-order chi connectivity index (χ0) is 23.9. The molecule has 0 bridgehead atoms. The minimum Gasteiger partial charge on any atom is -0.497 e. The molecule has 0 unspecified atom stereocenters. The molecule has 0 spiro atoms. The van der Waals surface area contributed by atoms with Gasteiger partial charge in [0, 0.05) is 6.54 Å². The fourth-order valence-electron chi connectivity index (χ4n) is 3.41. The number of benzene rings is 3. The highest BCUT2D eigenvalue weighted by Crippen LogP contribution is 2.13. The van der Waals surface area contributed by atoms with Gasteiger partial charge in [-0.1, -0.05) is 60.7 Å². The maximum atomic E-state index is 13.4. The van der Waals surface area contributed by atoms with Crippen molar-refractivity contribution in [2.45, 2.75) is 6.54 Å². The van der Waals surface area contributed by atoms with Crippen LogP contribution in [0.4, 0.5) is 0 Å². The average molecular weight is 468 g/mol. The van der Waals surface area contributed by atoms with Gasteiger partial charge in [-0.25, -0.2) is 0 Å². The van der Waals surface area contributed by atoms with Gasteiger partial charge in [0.05, 0.1) is 17.3 Å². The van der Waals surface area contributed by atoms with Crippen molar-refractivity contribution in [2.75, 3.05) is 7.11 Å². The van der Waals surface area contributed by atoms with Crippen molar-refractivity contribution in [3.63, 3.8) is 0 Å². The van der Waals surface area contributed by atoms with E-state index in [1.54, 1.807) is 37.5 Å². The lowest BCUT2D eigenvalue weighted by Gasteiger charge is -2.06. The molecule has 1 heterocycles. The Kier molecular flexibility index (Phi) is 7.01. The average Bonchev–Trinajstić information content (AvgIpc) is 3.19. The van der Waals surface area contributed by atoms with Gasteiger partial charge in [0.25, 0.3) is 11.5 Å².